The molecule has 0 saturated carbocycles. The van der Waals surface area contributed by atoms with Gasteiger partial charge in [0.15, 0.2) is 0 Å². The van der Waals surface area contributed by atoms with Crippen LogP contribution in [0.4, 0.5) is 5.82 Å². The van der Waals surface area contributed by atoms with Gasteiger partial charge in [0.05, 0.1) is 6.61 Å². The molecule has 1 rings (SSSR count). The third kappa shape index (κ3) is 6.01. The van der Waals surface area contributed by atoms with Crippen LogP contribution in [0, 0.1) is 5.92 Å². The fourth-order valence-electron chi connectivity index (χ4n) is 1.82. The Balaban J connectivity index is 2.26. The molecule has 1 heterocycles. The predicted molar refractivity (Wildman–Crippen MR) is 76.7 cm³/mol. The van der Waals surface area contributed by atoms with Crippen molar-refractivity contribution in [1.82, 2.24) is 4.98 Å². The number of hydrogen-bond acceptors (Lipinski definition) is 3. The van der Waals surface area contributed by atoms with Gasteiger partial charge < -0.3 is 10.1 Å². The van der Waals surface area contributed by atoms with Gasteiger partial charge in [-0.05, 0) is 30.4 Å². The van der Waals surface area contributed by atoms with Crippen molar-refractivity contribution in [2.24, 2.45) is 5.92 Å². The van der Waals surface area contributed by atoms with Crippen LogP contribution in [0.2, 0.25) is 0 Å². The van der Waals surface area contributed by atoms with E-state index in [1.54, 1.807) is 0 Å². The van der Waals surface area contributed by atoms with Crippen molar-refractivity contribution >= 4 is 5.82 Å². The number of pyridine rings is 1. The first-order valence-electron chi connectivity index (χ1n) is 7.02. The molecule has 1 aromatic heterocycles. The van der Waals surface area contributed by atoms with E-state index in [4.69, 9.17) is 4.74 Å². The van der Waals surface area contributed by atoms with Crippen LogP contribution in [0.3, 0.4) is 0 Å². The lowest BCUT2D eigenvalue weighted by molar-refractivity contribution is 0.0892. The second-order valence-corrected chi connectivity index (χ2v) is 4.89. The van der Waals surface area contributed by atoms with Gasteiger partial charge in [-0.2, -0.15) is 0 Å². The summed E-state index contributed by atoms with van der Waals surface area (Å²) in [6.07, 6.45) is 5.46. The Kier molecular flexibility index (Phi) is 7.42. The van der Waals surface area contributed by atoms with Crippen LogP contribution in [0.15, 0.2) is 18.3 Å². The van der Waals surface area contributed by atoms with Crippen molar-refractivity contribution in [2.45, 2.75) is 46.6 Å². The summed E-state index contributed by atoms with van der Waals surface area (Å²) in [6.45, 7) is 9.06. The SMILES string of the molecule is CCCNc1ccc(COCC(C)CCC)cn1. The van der Waals surface area contributed by atoms with Gasteiger partial charge >= 0.3 is 0 Å². The van der Waals surface area contributed by atoms with Crippen molar-refractivity contribution in [3.63, 3.8) is 0 Å². The minimum Gasteiger partial charge on any atom is -0.376 e. The van der Waals surface area contributed by atoms with E-state index in [0.29, 0.717) is 12.5 Å². The molecule has 0 fully saturated rings. The van der Waals surface area contributed by atoms with E-state index in [-0.39, 0.29) is 0 Å². The average molecular weight is 250 g/mol. The molecule has 1 atom stereocenters. The number of nitrogens with zero attached hydrogens (tertiary/aromatic N) is 1. The molecule has 0 bridgehead atoms. The van der Waals surface area contributed by atoms with E-state index >= 15 is 0 Å². The number of nitrogens with one attached hydrogen (secondary N) is 1. The minimum absolute atomic E-state index is 0.647. The van der Waals surface area contributed by atoms with E-state index in [1.807, 2.05) is 12.3 Å². The molecule has 0 aliphatic carbocycles. The summed E-state index contributed by atoms with van der Waals surface area (Å²) in [6, 6.07) is 4.10. The molecule has 0 amide bonds. The molecule has 3 nitrogen and oxygen atoms in total. The zero-order valence-corrected chi connectivity index (χ0v) is 11.9. The number of anilines is 1. The fraction of sp³-hybridized carbons (Fsp3) is 0.667. The Morgan fingerprint density at radius 1 is 1.28 bits per heavy atom. The normalized spacial score (nSPS) is 12.4. The first kappa shape index (κ1) is 15.0. The van der Waals surface area contributed by atoms with Crippen LogP contribution in [-0.2, 0) is 11.3 Å². The Hall–Kier alpha value is -1.09. The van der Waals surface area contributed by atoms with Crippen LogP contribution >= 0.6 is 0 Å². The first-order chi connectivity index (χ1) is 8.76. The maximum atomic E-state index is 5.69. The van der Waals surface area contributed by atoms with Crippen LogP contribution in [-0.4, -0.2) is 18.1 Å². The highest BCUT2D eigenvalue weighted by molar-refractivity contribution is 5.35. The largest absolute Gasteiger partial charge is 0.376 e. The van der Waals surface area contributed by atoms with E-state index in [9.17, 15) is 0 Å². The molecule has 1 aromatic rings. The fourth-order valence-corrected chi connectivity index (χ4v) is 1.82. The average Bonchev–Trinajstić information content (AvgIpc) is 2.38. The van der Waals surface area contributed by atoms with Gasteiger partial charge in [-0.1, -0.05) is 33.3 Å². The lowest BCUT2D eigenvalue weighted by Crippen LogP contribution is -2.06. The van der Waals surface area contributed by atoms with Crippen molar-refractivity contribution in [3.8, 4) is 0 Å². The lowest BCUT2D eigenvalue weighted by atomic mass is 10.1. The van der Waals surface area contributed by atoms with Gasteiger partial charge in [-0.15, -0.1) is 0 Å². The molecule has 0 radical (unpaired) electrons. The molecule has 0 aliphatic rings. The van der Waals surface area contributed by atoms with Gasteiger partial charge in [0.2, 0.25) is 0 Å². The molecule has 0 aliphatic heterocycles. The maximum absolute atomic E-state index is 5.69. The molecule has 0 saturated heterocycles. The van der Waals surface area contributed by atoms with E-state index < -0.39 is 0 Å². The number of rotatable bonds is 9. The summed E-state index contributed by atoms with van der Waals surface area (Å²) >= 11 is 0. The Labute approximate surface area is 111 Å². The zero-order valence-electron chi connectivity index (χ0n) is 11.9. The monoisotopic (exact) mass is 250 g/mol. The van der Waals surface area contributed by atoms with Gasteiger partial charge in [-0.25, -0.2) is 4.98 Å². The van der Waals surface area contributed by atoms with Crippen LogP contribution < -0.4 is 5.32 Å². The topological polar surface area (TPSA) is 34.1 Å². The summed E-state index contributed by atoms with van der Waals surface area (Å²) in [5.41, 5.74) is 1.14. The highest BCUT2D eigenvalue weighted by atomic mass is 16.5. The molecule has 0 aromatic carbocycles. The van der Waals surface area contributed by atoms with Crippen LogP contribution in [0.1, 0.15) is 45.6 Å². The summed E-state index contributed by atoms with van der Waals surface area (Å²) in [4.78, 5) is 4.36. The Bertz CT molecular complexity index is 311. The molecule has 3 heteroatoms. The maximum Gasteiger partial charge on any atom is 0.125 e. The molecule has 1 N–H and O–H groups in total. The first-order valence-corrected chi connectivity index (χ1v) is 7.02. The van der Waals surface area contributed by atoms with Crippen LogP contribution in [0.5, 0.6) is 0 Å². The zero-order chi connectivity index (χ0) is 13.2. The van der Waals surface area contributed by atoms with Crippen molar-refractivity contribution in [2.75, 3.05) is 18.5 Å². The third-order valence-corrected chi connectivity index (χ3v) is 2.83. The number of ether oxygens (including phenoxy) is 1. The quantitative estimate of drug-likeness (QED) is 0.722. The predicted octanol–water partition coefficient (Wildman–Crippen LogP) is 3.86. The van der Waals surface area contributed by atoms with Crippen LogP contribution in [0.25, 0.3) is 0 Å². The standard InChI is InChI=1S/C15H26N2O/c1-4-6-13(3)11-18-12-14-7-8-15(17-10-14)16-9-5-2/h7-8,10,13H,4-6,9,11-12H2,1-3H3,(H,16,17). The second-order valence-electron chi connectivity index (χ2n) is 4.89. The molecular formula is C15H26N2O. The molecule has 18 heavy (non-hydrogen) atoms. The lowest BCUT2D eigenvalue weighted by Gasteiger charge is -2.11. The van der Waals surface area contributed by atoms with Crippen molar-refractivity contribution < 1.29 is 4.74 Å². The summed E-state index contributed by atoms with van der Waals surface area (Å²) in [7, 11) is 0. The minimum atomic E-state index is 0.647. The van der Waals surface area contributed by atoms with Crippen molar-refractivity contribution in [3.05, 3.63) is 23.9 Å². The molecule has 102 valence electrons. The summed E-state index contributed by atoms with van der Waals surface area (Å²) in [5, 5.41) is 3.26. The second kappa shape index (κ2) is 8.92. The van der Waals surface area contributed by atoms with Gasteiger partial charge in [-0.3, -0.25) is 0 Å². The molecule has 1 unspecified atom stereocenters. The Morgan fingerprint density at radius 2 is 2.11 bits per heavy atom. The third-order valence-electron chi connectivity index (χ3n) is 2.83. The van der Waals surface area contributed by atoms with E-state index in [0.717, 1.165) is 31.0 Å². The molecule has 0 spiro atoms. The number of hydrogen-bond donors (Lipinski definition) is 1. The van der Waals surface area contributed by atoms with E-state index in [1.165, 1.54) is 12.8 Å². The van der Waals surface area contributed by atoms with Gasteiger partial charge in [0.25, 0.3) is 0 Å². The highest BCUT2D eigenvalue weighted by Crippen LogP contribution is 2.09. The Morgan fingerprint density at radius 3 is 2.72 bits per heavy atom. The summed E-state index contributed by atoms with van der Waals surface area (Å²) < 4.78 is 5.69. The highest BCUT2D eigenvalue weighted by Gasteiger charge is 2.01. The molecular weight excluding hydrogens is 224 g/mol. The van der Waals surface area contributed by atoms with Gasteiger partial charge in [0.1, 0.15) is 5.82 Å². The van der Waals surface area contributed by atoms with Gasteiger partial charge in [0, 0.05) is 19.3 Å². The number of aromatic nitrogens is 1. The summed E-state index contributed by atoms with van der Waals surface area (Å²) in [5.74, 6) is 1.59. The smallest absolute Gasteiger partial charge is 0.125 e. The van der Waals surface area contributed by atoms with Crippen molar-refractivity contribution in [1.29, 1.82) is 0 Å². The van der Waals surface area contributed by atoms with E-state index in [2.05, 4.69) is 37.1 Å².